The lowest BCUT2D eigenvalue weighted by Crippen LogP contribution is -2.49. The van der Waals surface area contributed by atoms with Crippen LogP contribution in [0.3, 0.4) is 0 Å². The van der Waals surface area contributed by atoms with Crippen molar-refractivity contribution in [3.8, 4) is 17.1 Å². The van der Waals surface area contributed by atoms with Gasteiger partial charge in [-0.05, 0) is 130 Å². The number of likely N-dealkylation sites (tertiary alicyclic amines) is 1. The number of anilines is 1. The molecule has 43 heavy (non-hydrogen) atoms. The Morgan fingerprint density at radius 2 is 1.72 bits per heavy atom. The van der Waals surface area contributed by atoms with Gasteiger partial charge in [-0.3, -0.25) is 0 Å². The Labute approximate surface area is 257 Å². The highest BCUT2D eigenvalue weighted by molar-refractivity contribution is 7.92. The van der Waals surface area contributed by atoms with E-state index in [-0.39, 0.29) is 10.8 Å². The quantitative estimate of drug-likeness (QED) is 0.350. The van der Waals surface area contributed by atoms with Crippen LogP contribution in [0.25, 0.3) is 11.3 Å². The molecule has 2 atom stereocenters. The second-order valence-corrected chi connectivity index (χ2v) is 15.7. The number of hydrogen-bond donors (Lipinski definition) is 1. The van der Waals surface area contributed by atoms with Crippen molar-refractivity contribution < 1.29 is 13.2 Å². The molecule has 6 rings (SSSR count). The van der Waals surface area contributed by atoms with Gasteiger partial charge in [0.05, 0.1) is 17.2 Å². The molecule has 3 heterocycles. The van der Waals surface area contributed by atoms with Gasteiger partial charge in [-0.15, -0.1) is 0 Å². The van der Waals surface area contributed by atoms with E-state index in [4.69, 9.17) is 4.74 Å². The third-order valence-corrected chi connectivity index (χ3v) is 11.5. The molecule has 1 saturated heterocycles. The molecule has 0 amide bonds. The Hall–Kier alpha value is -2.97. The number of piperidine rings is 1. The van der Waals surface area contributed by atoms with Crippen LogP contribution in [-0.4, -0.2) is 50.0 Å². The number of sulfonamides is 1. The lowest BCUT2D eigenvalue weighted by atomic mass is 9.52. The van der Waals surface area contributed by atoms with Crippen LogP contribution in [0.4, 0.5) is 5.95 Å². The summed E-state index contributed by atoms with van der Waals surface area (Å²) in [7, 11) is -1.67. The first-order valence-electron chi connectivity index (χ1n) is 15.9. The van der Waals surface area contributed by atoms with E-state index in [0.717, 1.165) is 35.1 Å². The number of ether oxygens (including phenoxy) is 1. The minimum Gasteiger partial charge on any atom is -0.477 e. The molecule has 8 heteroatoms. The van der Waals surface area contributed by atoms with Crippen LogP contribution in [0.15, 0.2) is 53.4 Å². The monoisotopic (exact) mass is 602 g/mol. The zero-order valence-corrected chi connectivity index (χ0v) is 27.1. The first-order chi connectivity index (χ1) is 20.5. The predicted molar refractivity (Wildman–Crippen MR) is 172 cm³/mol. The van der Waals surface area contributed by atoms with Crippen LogP contribution < -0.4 is 9.46 Å². The van der Waals surface area contributed by atoms with Crippen LogP contribution in [0, 0.1) is 42.9 Å². The van der Waals surface area contributed by atoms with E-state index < -0.39 is 10.0 Å². The summed E-state index contributed by atoms with van der Waals surface area (Å²) in [5.74, 6) is 2.28. The number of hydrogen-bond acceptors (Lipinski definition) is 6. The minimum absolute atomic E-state index is 0.0277. The number of benzene rings is 2. The van der Waals surface area contributed by atoms with Crippen molar-refractivity contribution in [1.29, 1.82) is 0 Å². The molecule has 1 aliphatic carbocycles. The molecule has 2 aliphatic heterocycles. The molecule has 230 valence electrons. The summed E-state index contributed by atoms with van der Waals surface area (Å²) < 4.78 is 36.5. The maximum atomic E-state index is 13.6. The van der Waals surface area contributed by atoms with E-state index in [9.17, 15) is 8.42 Å². The molecule has 3 aromatic rings. The summed E-state index contributed by atoms with van der Waals surface area (Å²) in [6, 6.07) is 15.4. The van der Waals surface area contributed by atoms with Gasteiger partial charge in [0.1, 0.15) is 0 Å². The van der Waals surface area contributed by atoms with Gasteiger partial charge in [0, 0.05) is 11.6 Å². The number of aryl methyl sites for hydroxylation is 2. The Morgan fingerprint density at radius 1 is 1.02 bits per heavy atom. The van der Waals surface area contributed by atoms with Crippen molar-refractivity contribution in [3.63, 3.8) is 0 Å². The van der Waals surface area contributed by atoms with Crippen molar-refractivity contribution in [2.24, 2.45) is 29.1 Å². The first kappa shape index (κ1) is 30.1. The molecule has 1 N–H and O–H groups in total. The molecule has 2 aromatic carbocycles. The SMILES string of the molecule is Cc1cccc(C)c1-c1cc2nc(n1)NS(=O)(=O)c1cccc(c1)CC(C1CC3(CCN(C)CC3)C1)[C@H](CC(C)C)CO2. The van der Waals surface area contributed by atoms with E-state index >= 15 is 0 Å². The maximum Gasteiger partial charge on any atom is 0.264 e. The number of rotatable bonds is 4. The molecule has 1 aromatic heterocycles. The molecular weight excluding hydrogens is 556 g/mol. The van der Waals surface area contributed by atoms with E-state index in [1.165, 1.54) is 38.8 Å². The van der Waals surface area contributed by atoms with Crippen LogP contribution >= 0.6 is 0 Å². The Balaban J connectivity index is 1.40. The van der Waals surface area contributed by atoms with Crippen LogP contribution in [0.5, 0.6) is 5.88 Å². The van der Waals surface area contributed by atoms with Crippen LogP contribution in [-0.2, 0) is 16.4 Å². The zero-order valence-electron chi connectivity index (χ0n) is 26.3. The van der Waals surface area contributed by atoms with Gasteiger partial charge in [0.15, 0.2) is 0 Å². The average molecular weight is 603 g/mol. The topological polar surface area (TPSA) is 84.4 Å². The van der Waals surface area contributed by atoms with E-state index in [0.29, 0.717) is 47.3 Å². The Bertz CT molecular complexity index is 1550. The second-order valence-electron chi connectivity index (χ2n) is 14.0. The summed E-state index contributed by atoms with van der Waals surface area (Å²) in [5, 5.41) is 0. The molecular formula is C35H46N4O3S. The molecule has 1 saturated carbocycles. The highest BCUT2D eigenvalue weighted by atomic mass is 32.2. The third kappa shape index (κ3) is 6.46. The fraction of sp³-hybridized carbons (Fsp3) is 0.543. The number of nitrogens with one attached hydrogen (secondary N) is 1. The van der Waals surface area contributed by atoms with Crippen molar-refractivity contribution in [2.45, 2.75) is 71.1 Å². The number of aromatic nitrogens is 2. The van der Waals surface area contributed by atoms with Crippen molar-refractivity contribution in [3.05, 3.63) is 65.2 Å². The zero-order chi connectivity index (χ0) is 30.4. The smallest absolute Gasteiger partial charge is 0.264 e. The average Bonchev–Trinajstić information content (AvgIpc) is 2.93. The van der Waals surface area contributed by atoms with Crippen LogP contribution in [0.2, 0.25) is 0 Å². The summed E-state index contributed by atoms with van der Waals surface area (Å²) in [6.45, 7) is 11.6. The van der Waals surface area contributed by atoms with Gasteiger partial charge in [-0.1, -0.05) is 44.2 Å². The van der Waals surface area contributed by atoms with Crippen molar-refractivity contribution in [1.82, 2.24) is 14.9 Å². The fourth-order valence-corrected chi connectivity index (χ4v) is 8.93. The lowest BCUT2D eigenvalue weighted by molar-refractivity contribution is -0.0515. The Kier molecular flexibility index (Phi) is 8.28. The van der Waals surface area contributed by atoms with Gasteiger partial charge < -0.3 is 9.64 Å². The van der Waals surface area contributed by atoms with Gasteiger partial charge >= 0.3 is 0 Å². The van der Waals surface area contributed by atoms with E-state index in [2.05, 4.69) is 46.6 Å². The van der Waals surface area contributed by atoms with Crippen LogP contribution in [0.1, 0.15) is 62.6 Å². The summed E-state index contributed by atoms with van der Waals surface area (Å²) in [4.78, 5) is 12.0. The highest BCUT2D eigenvalue weighted by Gasteiger charge is 2.49. The first-order valence-corrected chi connectivity index (χ1v) is 17.4. The summed E-state index contributed by atoms with van der Waals surface area (Å²) >= 11 is 0. The van der Waals surface area contributed by atoms with Crippen molar-refractivity contribution >= 4 is 16.0 Å². The summed E-state index contributed by atoms with van der Waals surface area (Å²) in [6.07, 6.45) is 6.98. The van der Waals surface area contributed by atoms with Crippen molar-refractivity contribution in [2.75, 3.05) is 31.5 Å². The predicted octanol–water partition coefficient (Wildman–Crippen LogP) is 6.90. The molecule has 3 aliphatic rings. The largest absolute Gasteiger partial charge is 0.477 e. The standard InChI is InChI=1S/C35H46N4O3S/c1-23(2)16-27-22-42-32-19-31(33-24(3)8-6-9-25(33)4)36-34(37-32)38-43(40,41)29-11-7-10-26(17-29)18-30(27)28-20-35(21-28)12-14-39(5)15-13-35/h6-11,17,19,23,27-28,30H,12-16,18,20-22H2,1-5H3,(H,36,37,38)/t27-,30?/m1/s1. The molecule has 1 unspecified atom stereocenters. The van der Waals surface area contributed by atoms with Gasteiger partial charge in [0.2, 0.25) is 11.8 Å². The maximum absolute atomic E-state index is 13.6. The summed E-state index contributed by atoms with van der Waals surface area (Å²) in [5.41, 5.74) is 5.29. The van der Waals surface area contributed by atoms with Gasteiger partial charge in [0.25, 0.3) is 10.0 Å². The molecule has 4 bridgehead atoms. The normalized spacial score (nSPS) is 23.8. The van der Waals surface area contributed by atoms with Gasteiger partial charge in [-0.25, -0.2) is 18.1 Å². The number of fused-ring (bicyclic) bond motifs is 4. The Morgan fingerprint density at radius 3 is 2.42 bits per heavy atom. The van der Waals surface area contributed by atoms with E-state index in [1.54, 1.807) is 6.07 Å². The minimum atomic E-state index is -3.90. The molecule has 2 fully saturated rings. The molecule has 1 spiro atoms. The third-order valence-electron chi connectivity index (χ3n) is 10.2. The fourth-order valence-electron chi connectivity index (χ4n) is 7.92. The molecule has 0 radical (unpaired) electrons. The highest BCUT2D eigenvalue weighted by Crippen LogP contribution is 2.57. The molecule has 7 nitrogen and oxygen atoms in total. The van der Waals surface area contributed by atoms with E-state index in [1.807, 2.05) is 50.2 Å². The lowest BCUT2D eigenvalue weighted by Gasteiger charge is -2.55. The number of nitrogens with zero attached hydrogens (tertiary/aromatic N) is 3. The second kappa shape index (κ2) is 11.8. The van der Waals surface area contributed by atoms with Gasteiger partial charge in [-0.2, -0.15) is 4.98 Å².